The van der Waals surface area contributed by atoms with E-state index in [1.54, 1.807) is 11.3 Å². The van der Waals surface area contributed by atoms with Gasteiger partial charge in [-0.2, -0.15) is 0 Å². The molecule has 1 aromatic carbocycles. The van der Waals surface area contributed by atoms with Crippen LogP contribution < -0.4 is 5.32 Å². The molecule has 0 amide bonds. The van der Waals surface area contributed by atoms with Crippen molar-refractivity contribution in [2.45, 2.75) is 19.4 Å². The zero-order valence-corrected chi connectivity index (χ0v) is 13.6. The van der Waals surface area contributed by atoms with E-state index in [-0.39, 0.29) is 11.9 Å². The van der Waals surface area contributed by atoms with Crippen molar-refractivity contribution in [1.82, 2.24) is 5.32 Å². The Labute approximate surface area is 129 Å². The Kier molecular flexibility index (Phi) is 5.39. The fourth-order valence-corrected chi connectivity index (χ4v) is 3.65. The first kappa shape index (κ1) is 15.0. The second-order valence-electron chi connectivity index (χ2n) is 4.20. The summed E-state index contributed by atoms with van der Waals surface area (Å²) in [6, 6.07) is 7.19. The van der Waals surface area contributed by atoms with E-state index in [9.17, 15) is 4.39 Å². The molecule has 1 heterocycles. The van der Waals surface area contributed by atoms with Gasteiger partial charge in [0.15, 0.2) is 0 Å². The molecule has 2 rings (SSSR count). The average Bonchev–Trinajstić information content (AvgIpc) is 2.79. The molecule has 0 saturated carbocycles. The van der Waals surface area contributed by atoms with Crippen molar-refractivity contribution >= 4 is 38.9 Å². The molecular formula is C14H14BrClFNS. The van der Waals surface area contributed by atoms with Gasteiger partial charge in [0.25, 0.3) is 0 Å². The van der Waals surface area contributed by atoms with Gasteiger partial charge in [-0.3, -0.25) is 0 Å². The fourth-order valence-electron chi connectivity index (χ4n) is 1.96. The van der Waals surface area contributed by atoms with E-state index in [0.717, 1.165) is 28.4 Å². The maximum Gasteiger partial charge on any atom is 0.137 e. The summed E-state index contributed by atoms with van der Waals surface area (Å²) in [6.45, 7) is 2.93. The summed E-state index contributed by atoms with van der Waals surface area (Å²) >= 11 is 11.1. The third-order valence-electron chi connectivity index (χ3n) is 2.84. The highest BCUT2D eigenvalue weighted by Crippen LogP contribution is 2.31. The number of benzene rings is 1. The first-order chi connectivity index (χ1) is 9.11. The monoisotopic (exact) mass is 361 g/mol. The standard InChI is InChI=1S/C14H14BrClFNS/c1-2-18-13(14-11(16)5-6-19-14)8-9-3-4-12(17)10(15)7-9/h3-7,13,18H,2,8H2,1H3. The molecule has 1 nitrogen and oxygen atoms in total. The SMILES string of the molecule is CCNC(Cc1ccc(F)c(Br)c1)c1sccc1Cl. The molecule has 1 atom stereocenters. The predicted octanol–water partition coefficient (Wildman–Crippen LogP) is 5.20. The molecule has 0 aliphatic heterocycles. The lowest BCUT2D eigenvalue weighted by Crippen LogP contribution is -2.22. The third kappa shape index (κ3) is 3.78. The van der Waals surface area contributed by atoms with E-state index in [2.05, 4.69) is 28.2 Å². The van der Waals surface area contributed by atoms with E-state index in [4.69, 9.17) is 11.6 Å². The Hall–Kier alpha value is -0.420. The summed E-state index contributed by atoms with van der Waals surface area (Å²) in [5, 5.41) is 6.20. The summed E-state index contributed by atoms with van der Waals surface area (Å²) in [6.07, 6.45) is 0.785. The molecule has 0 bridgehead atoms. The highest BCUT2D eigenvalue weighted by molar-refractivity contribution is 9.10. The Bertz CT molecular complexity index is 558. The van der Waals surface area contributed by atoms with Crippen LogP contribution in [0.2, 0.25) is 5.02 Å². The topological polar surface area (TPSA) is 12.0 Å². The molecule has 19 heavy (non-hydrogen) atoms. The van der Waals surface area contributed by atoms with Crippen LogP contribution >= 0.6 is 38.9 Å². The summed E-state index contributed by atoms with van der Waals surface area (Å²) in [5.74, 6) is -0.238. The zero-order chi connectivity index (χ0) is 13.8. The molecule has 1 unspecified atom stereocenters. The third-order valence-corrected chi connectivity index (χ3v) is 4.92. The van der Waals surface area contributed by atoms with Crippen molar-refractivity contribution in [3.63, 3.8) is 0 Å². The van der Waals surface area contributed by atoms with E-state index in [0.29, 0.717) is 4.47 Å². The molecule has 0 aliphatic carbocycles. The Morgan fingerprint density at radius 3 is 2.79 bits per heavy atom. The van der Waals surface area contributed by atoms with Crippen LogP contribution in [0.15, 0.2) is 34.1 Å². The molecule has 102 valence electrons. The lowest BCUT2D eigenvalue weighted by atomic mass is 10.0. The van der Waals surface area contributed by atoms with E-state index in [1.807, 2.05) is 23.6 Å². The van der Waals surface area contributed by atoms with Crippen LogP contribution in [0, 0.1) is 5.82 Å². The summed E-state index contributed by atoms with van der Waals surface area (Å²) in [4.78, 5) is 1.13. The largest absolute Gasteiger partial charge is 0.309 e. The summed E-state index contributed by atoms with van der Waals surface area (Å²) in [5.41, 5.74) is 1.07. The second-order valence-corrected chi connectivity index (χ2v) is 6.40. The van der Waals surface area contributed by atoms with Crippen molar-refractivity contribution in [3.8, 4) is 0 Å². The quantitative estimate of drug-likeness (QED) is 0.771. The Morgan fingerprint density at radius 2 is 2.21 bits per heavy atom. The van der Waals surface area contributed by atoms with Crippen LogP contribution in [0.3, 0.4) is 0 Å². The van der Waals surface area contributed by atoms with Gasteiger partial charge in [0.1, 0.15) is 5.82 Å². The number of nitrogens with one attached hydrogen (secondary N) is 1. The molecule has 0 radical (unpaired) electrons. The molecule has 0 saturated heterocycles. The molecule has 1 aromatic heterocycles. The minimum absolute atomic E-state index is 0.162. The van der Waals surface area contributed by atoms with Crippen LogP contribution in [-0.4, -0.2) is 6.54 Å². The number of halogens is 3. The van der Waals surface area contributed by atoms with Crippen molar-refractivity contribution in [3.05, 3.63) is 55.4 Å². The van der Waals surface area contributed by atoms with Gasteiger partial charge in [0.05, 0.1) is 9.50 Å². The van der Waals surface area contributed by atoms with E-state index >= 15 is 0 Å². The minimum atomic E-state index is -0.238. The highest BCUT2D eigenvalue weighted by atomic mass is 79.9. The van der Waals surface area contributed by atoms with Gasteiger partial charge in [0.2, 0.25) is 0 Å². The van der Waals surface area contributed by atoms with Crippen LogP contribution in [0.1, 0.15) is 23.4 Å². The van der Waals surface area contributed by atoms with Crippen molar-refractivity contribution < 1.29 is 4.39 Å². The van der Waals surface area contributed by atoms with E-state index < -0.39 is 0 Å². The molecule has 0 spiro atoms. The van der Waals surface area contributed by atoms with Crippen LogP contribution in [0.4, 0.5) is 4.39 Å². The molecule has 1 N–H and O–H groups in total. The molecule has 5 heteroatoms. The lowest BCUT2D eigenvalue weighted by molar-refractivity contribution is 0.556. The second kappa shape index (κ2) is 6.84. The van der Waals surface area contributed by atoms with E-state index in [1.165, 1.54) is 6.07 Å². The van der Waals surface area contributed by atoms with Gasteiger partial charge in [-0.1, -0.05) is 24.6 Å². The van der Waals surface area contributed by atoms with Gasteiger partial charge in [-0.15, -0.1) is 11.3 Å². The smallest absolute Gasteiger partial charge is 0.137 e. The van der Waals surface area contributed by atoms with Gasteiger partial charge in [-0.25, -0.2) is 4.39 Å². The number of likely N-dealkylation sites (N-methyl/N-ethyl adjacent to an activating group) is 1. The maximum atomic E-state index is 13.2. The van der Waals surface area contributed by atoms with Crippen LogP contribution in [-0.2, 0) is 6.42 Å². The summed E-state index contributed by atoms with van der Waals surface area (Å²) in [7, 11) is 0. The normalized spacial score (nSPS) is 12.6. The molecular weight excluding hydrogens is 349 g/mol. The average molecular weight is 363 g/mol. The molecule has 0 fully saturated rings. The number of hydrogen-bond acceptors (Lipinski definition) is 2. The van der Waals surface area contributed by atoms with Crippen LogP contribution in [0.25, 0.3) is 0 Å². The fraction of sp³-hybridized carbons (Fsp3) is 0.286. The molecule has 0 aliphatic rings. The van der Waals surface area contributed by atoms with Crippen LogP contribution in [0.5, 0.6) is 0 Å². The zero-order valence-electron chi connectivity index (χ0n) is 10.4. The van der Waals surface area contributed by atoms with Crippen molar-refractivity contribution in [1.29, 1.82) is 0 Å². The Balaban J connectivity index is 2.21. The van der Waals surface area contributed by atoms with Gasteiger partial charge >= 0.3 is 0 Å². The molecule has 2 aromatic rings. The van der Waals surface area contributed by atoms with Crippen molar-refractivity contribution in [2.24, 2.45) is 0 Å². The maximum absolute atomic E-state index is 13.2. The highest BCUT2D eigenvalue weighted by Gasteiger charge is 2.16. The van der Waals surface area contributed by atoms with Gasteiger partial charge in [-0.05, 0) is 58.0 Å². The predicted molar refractivity (Wildman–Crippen MR) is 83.6 cm³/mol. The minimum Gasteiger partial charge on any atom is -0.309 e. The van der Waals surface area contributed by atoms with Gasteiger partial charge in [0, 0.05) is 10.9 Å². The lowest BCUT2D eigenvalue weighted by Gasteiger charge is -2.17. The first-order valence-corrected chi connectivity index (χ1v) is 8.07. The number of thiophene rings is 1. The number of rotatable bonds is 5. The van der Waals surface area contributed by atoms with Crippen molar-refractivity contribution in [2.75, 3.05) is 6.54 Å². The van der Waals surface area contributed by atoms with Gasteiger partial charge < -0.3 is 5.32 Å². The Morgan fingerprint density at radius 1 is 1.42 bits per heavy atom. The first-order valence-electron chi connectivity index (χ1n) is 6.02. The number of hydrogen-bond donors (Lipinski definition) is 1. The summed E-state index contributed by atoms with van der Waals surface area (Å²) < 4.78 is 13.7.